The molecule has 0 aliphatic heterocycles. The number of nitrogens with zero attached hydrogens (tertiary/aromatic N) is 1. The van der Waals surface area contributed by atoms with Gasteiger partial charge in [-0.05, 0) is 54.4 Å². The van der Waals surface area contributed by atoms with Crippen LogP contribution in [0.15, 0.2) is 73.1 Å². The molecule has 2 aromatic heterocycles. The van der Waals surface area contributed by atoms with Gasteiger partial charge in [-0.25, -0.2) is 0 Å². The number of nitrogens with one attached hydrogen (secondary N) is 3. The first-order chi connectivity index (χ1) is 14.7. The molecule has 30 heavy (non-hydrogen) atoms. The number of carbonyl (C=O) groups is 1. The van der Waals surface area contributed by atoms with Crippen molar-refractivity contribution < 1.29 is 9.53 Å². The number of H-pyrrole nitrogens is 1. The number of esters is 1. The van der Waals surface area contributed by atoms with Crippen LogP contribution >= 0.6 is 0 Å². The molecular weight excluding hydrogens is 376 g/mol. The lowest BCUT2D eigenvalue weighted by atomic mass is 10.1. The highest BCUT2D eigenvalue weighted by Gasteiger charge is 2.03. The second-order valence-electron chi connectivity index (χ2n) is 7.05. The zero-order chi connectivity index (χ0) is 20.8. The molecule has 6 nitrogen and oxygen atoms in total. The summed E-state index contributed by atoms with van der Waals surface area (Å²) in [7, 11) is 0. The topological polar surface area (TPSA) is 79.0 Å². The zero-order valence-corrected chi connectivity index (χ0v) is 16.8. The number of aromatic amines is 1. The molecular formula is C24H24N4O2. The van der Waals surface area contributed by atoms with Gasteiger partial charge in [0, 0.05) is 53.8 Å². The second-order valence-corrected chi connectivity index (χ2v) is 7.05. The lowest BCUT2D eigenvalue weighted by molar-refractivity contribution is -0.142. The van der Waals surface area contributed by atoms with E-state index >= 15 is 0 Å². The zero-order valence-electron chi connectivity index (χ0n) is 16.8. The minimum Gasteiger partial charge on any atom is -0.459 e. The van der Waals surface area contributed by atoms with Crippen molar-refractivity contribution in [2.24, 2.45) is 0 Å². The van der Waals surface area contributed by atoms with Crippen molar-refractivity contribution in [3.63, 3.8) is 0 Å². The summed E-state index contributed by atoms with van der Waals surface area (Å²) in [5, 5.41) is 8.10. The van der Waals surface area contributed by atoms with E-state index in [0.29, 0.717) is 5.69 Å². The Morgan fingerprint density at radius 2 is 1.83 bits per heavy atom. The van der Waals surface area contributed by atoms with Crippen LogP contribution < -0.4 is 10.6 Å². The van der Waals surface area contributed by atoms with Crippen molar-refractivity contribution in [2.75, 3.05) is 17.2 Å². The second kappa shape index (κ2) is 9.13. The first-order valence-electron chi connectivity index (χ1n) is 9.91. The van der Waals surface area contributed by atoms with E-state index in [1.165, 1.54) is 23.4 Å². The Bertz CT molecular complexity index is 1140. The maximum atomic E-state index is 11.0. The lowest BCUT2D eigenvalue weighted by Gasteiger charge is -2.10. The van der Waals surface area contributed by atoms with Gasteiger partial charge in [-0.1, -0.05) is 18.2 Å². The molecule has 3 N–H and O–H groups in total. The van der Waals surface area contributed by atoms with E-state index in [9.17, 15) is 4.79 Å². The Balaban J connectivity index is 1.31. The fourth-order valence-corrected chi connectivity index (χ4v) is 3.33. The number of benzene rings is 2. The van der Waals surface area contributed by atoms with E-state index in [1.807, 2.05) is 30.3 Å². The predicted molar refractivity (Wildman–Crippen MR) is 120 cm³/mol. The van der Waals surface area contributed by atoms with Gasteiger partial charge in [0.2, 0.25) is 0 Å². The number of carbonyl (C=O) groups excluding carboxylic acids is 1. The molecule has 4 rings (SSSR count). The average molecular weight is 400 g/mol. The quantitative estimate of drug-likeness (QED) is 0.362. The van der Waals surface area contributed by atoms with Gasteiger partial charge >= 0.3 is 5.97 Å². The van der Waals surface area contributed by atoms with E-state index in [-0.39, 0.29) is 12.6 Å². The molecule has 0 fully saturated rings. The summed E-state index contributed by atoms with van der Waals surface area (Å²) in [5.74, 6) is -0.317. The van der Waals surface area contributed by atoms with E-state index in [4.69, 9.17) is 4.74 Å². The van der Waals surface area contributed by atoms with Gasteiger partial charge < -0.3 is 20.4 Å². The summed E-state index contributed by atoms with van der Waals surface area (Å²) >= 11 is 0. The largest absolute Gasteiger partial charge is 0.459 e. The summed E-state index contributed by atoms with van der Waals surface area (Å²) < 4.78 is 5.00. The monoisotopic (exact) mass is 400 g/mol. The fourth-order valence-electron chi connectivity index (χ4n) is 3.33. The third kappa shape index (κ3) is 4.97. The number of pyridine rings is 1. The highest BCUT2D eigenvalue weighted by Crippen LogP contribution is 2.21. The predicted octanol–water partition coefficient (Wildman–Crippen LogP) is 5.02. The summed E-state index contributed by atoms with van der Waals surface area (Å²) in [4.78, 5) is 18.5. The summed E-state index contributed by atoms with van der Waals surface area (Å²) in [5.41, 5.74) is 6.14. The van der Waals surface area contributed by atoms with E-state index in [0.717, 1.165) is 30.0 Å². The Hall–Kier alpha value is -3.80. The number of rotatable bonds is 8. The van der Waals surface area contributed by atoms with Crippen LogP contribution in [0.2, 0.25) is 0 Å². The molecule has 0 saturated carbocycles. The highest BCUT2D eigenvalue weighted by molar-refractivity contribution is 5.83. The van der Waals surface area contributed by atoms with Gasteiger partial charge in [-0.3, -0.25) is 9.78 Å². The normalized spacial score (nSPS) is 10.7. The van der Waals surface area contributed by atoms with E-state index in [2.05, 4.69) is 57.1 Å². The smallest absolute Gasteiger partial charge is 0.303 e. The minimum absolute atomic E-state index is 0.171. The maximum Gasteiger partial charge on any atom is 0.303 e. The number of para-hydroxylation sites is 1. The molecule has 0 saturated heterocycles. The van der Waals surface area contributed by atoms with Gasteiger partial charge in [0.05, 0.1) is 5.69 Å². The third-order valence-electron chi connectivity index (χ3n) is 4.81. The molecule has 6 heteroatoms. The van der Waals surface area contributed by atoms with Crippen molar-refractivity contribution in [1.29, 1.82) is 0 Å². The van der Waals surface area contributed by atoms with Gasteiger partial charge in [-0.15, -0.1) is 0 Å². The van der Waals surface area contributed by atoms with Crippen molar-refractivity contribution in [3.05, 3.63) is 84.3 Å². The molecule has 0 spiro atoms. The molecule has 0 unspecified atom stereocenters. The summed E-state index contributed by atoms with van der Waals surface area (Å²) in [6.07, 6.45) is 4.73. The average Bonchev–Trinajstić information content (AvgIpc) is 3.17. The van der Waals surface area contributed by atoms with Gasteiger partial charge in [0.25, 0.3) is 0 Å². The lowest BCUT2D eigenvalue weighted by Crippen LogP contribution is -2.04. The molecule has 0 amide bonds. The van der Waals surface area contributed by atoms with Gasteiger partial charge in [0.1, 0.15) is 6.61 Å². The number of fused-ring (bicyclic) bond motifs is 1. The van der Waals surface area contributed by atoms with Crippen LogP contribution in [0.3, 0.4) is 0 Å². The molecule has 0 aliphatic rings. The first kappa shape index (κ1) is 19.5. The van der Waals surface area contributed by atoms with E-state index < -0.39 is 0 Å². The molecule has 2 aromatic carbocycles. The van der Waals surface area contributed by atoms with Crippen molar-refractivity contribution in [1.82, 2.24) is 9.97 Å². The van der Waals surface area contributed by atoms with Crippen molar-refractivity contribution >= 4 is 33.9 Å². The molecule has 4 aromatic rings. The highest BCUT2D eigenvalue weighted by atomic mass is 16.5. The molecule has 0 radical (unpaired) electrons. The molecule has 0 atom stereocenters. The van der Waals surface area contributed by atoms with Crippen molar-refractivity contribution in [2.45, 2.75) is 20.0 Å². The van der Waals surface area contributed by atoms with Gasteiger partial charge in [0.15, 0.2) is 0 Å². The molecule has 2 heterocycles. The first-order valence-corrected chi connectivity index (χ1v) is 9.91. The number of anilines is 3. The van der Waals surface area contributed by atoms with E-state index in [1.54, 1.807) is 6.20 Å². The van der Waals surface area contributed by atoms with Crippen LogP contribution in [-0.4, -0.2) is 22.5 Å². The molecule has 0 aliphatic carbocycles. The number of aromatic nitrogens is 2. The Kier molecular flexibility index (Phi) is 5.94. The Morgan fingerprint density at radius 3 is 2.67 bits per heavy atom. The number of hydrogen-bond acceptors (Lipinski definition) is 5. The van der Waals surface area contributed by atoms with Crippen LogP contribution in [0, 0.1) is 0 Å². The minimum atomic E-state index is -0.317. The molecule has 0 bridgehead atoms. The maximum absolute atomic E-state index is 11.0. The summed E-state index contributed by atoms with van der Waals surface area (Å²) in [6, 6.07) is 20.3. The van der Waals surface area contributed by atoms with Crippen LogP contribution in [0.1, 0.15) is 18.2 Å². The third-order valence-corrected chi connectivity index (χ3v) is 4.81. The van der Waals surface area contributed by atoms with Gasteiger partial charge in [-0.2, -0.15) is 0 Å². The standard InChI is InChI=1S/C24H24N4O2/c1-17(29)30-16-22-14-21(11-13-26-22)28-20-8-6-19(7-9-20)25-12-10-18-15-27-24-5-3-2-4-23(18)24/h2-9,11,13-15,25,27H,10,12,16H2,1H3,(H,26,28). The number of hydrogen-bond donors (Lipinski definition) is 3. The fraction of sp³-hybridized carbons (Fsp3) is 0.167. The Labute approximate surface area is 175 Å². The molecule has 152 valence electrons. The SMILES string of the molecule is CC(=O)OCc1cc(Nc2ccc(NCCc3c[nH]c4ccccc34)cc2)ccn1. The van der Waals surface area contributed by atoms with Crippen molar-refractivity contribution in [3.8, 4) is 0 Å². The van der Waals surface area contributed by atoms with Crippen LogP contribution in [0.25, 0.3) is 10.9 Å². The summed E-state index contributed by atoms with van der Waals surface area (Å²) in [6.45, 7) is 2.42. The van der Waals surface area contributed by atoms with Crippen LogP contribution in [0.4, 0.5) is 17.1 Å². The Morgan fingerprint density at radius 1 is 1.03 bits per heavy atom. The number of ether oxygens (including phenoxy) is 1. The van der Waals surface area contributed by atoms with Crippen LogP contribution in [0.5, 0.6) is 0 Å². The van der Waals surface area contributed by atoms with Crippen LogP contribution in [-0.2, 0) is 22.6 Å².